The summed E-state index contributed by atoms with van der Waals surface area (Å²) in [7, 11) is 1.25. The largest absolute Gasteiger partial charge is 0.466 e. The maximum absolute atomic E-state index is 12.0. The number of carbonyl (C=O) groups excluding carboxylic acids is 2. The molecular weight excluding hydrogens is 280 g/mol. The molecule has 0 saturated heterocycles. The highest BCUT2D eigenvalue weighted by atomic mass is 16.6. The van der Waals surface area contributed by atoms with Crippen molar-refractivity contribution in [1.82, 2.24) is 0 Å². The van der Waals surface area contributed by atoms with E-state index in [4.69, 9.17) is 4.74 Å². The molecular formula is C18H16O4. The van der Waals surface area contributed by atoms with Crippen LogP contribution in [0, 0.1) is 0 Å². The lowest BCUT2D eigenvalue weighted by Crippen LogP contribution is -2.26. The van der Waals surface area contributed by atoms with Crippen molar-refractivity contribution in [1.29, 1.82) is 0 Å². The van der Waals surface area contributed by atoms with Crippen molar-refractivity contribution in [3.05, 3.63) is 77.9 Å². The second-order valence-electron chi connectivity index (χ2n) is 4.48. The average molecular weight is 296 g/mol. The van der Waals surface area contributed by atoms with Gasteiger partial charge in [-0.05, 0) is 23.8 Å². The third-order valence-corrected chi connectivity index (χ3v) is 2.94. The Hall–Kier alpha value is -2.88. The van der Waals surface area contributed by atoms with E-state index in [0.717, 1.165) is 5.56 Å². The van der Waals surface area contributed by atoms with Gasteiger partial charge in [0, 0.05) is 0 Å². The van der Waals surface area contributed by atoms with Crippen LogP contribution in [-0.2, 0) is 14.3 Å². The Morgan fingerprint density at radius 1 is 0.955 bits per heavy atom. The zero-order chi connectivity index (χ0) is 15.8. The molecule has 0 aliphatic carbocycles. The fraction of sp³-hybridized carbons (Fsp3) is 0.111. The van der Waals surface area contributed by atoms with E-state index in [9.17, 15) is 9.59 Å². The van der Waals surface area contributed by atoms with Crippen LogP contribution in [0.2, 0.25) is 0 Å². The van der Waals surface area contributed by atoms with E-state index in [0.29, 0.717) is 5.56 Å². The van der Waals surface area contributed by atoms with Crippen LogP contribution in [0.15, 0.2) is 66.7 Å². The zero-order valence-corrected chi connectivity index (χ0v) is 12.1. The highest BCUT2D eigenvalue weighted by Gasteiger charge is 2.21. The first-order chi connectivity index (χ1) is 10.7. The van der Waals surface area contributed by atoms with Gasteiger partial charge in [-0.3, -0.25) is 0 Å². The Labute approximate surface area is 129 Å². The molecule has 0 heterocycles. The molecule has 0 aliphatic heterocycles. The molecule has 2 rings (SSSR count). The Bertz CT molecular complexity index is 647. The SMILES string of the molecule is COC(=O)[C@@H](/C=C/c1ccccc1)OC(=O)c1ccccc1. The summed E-state index contributed by atoms with van der Waals surface area (Å²) >= 11 is 0. The van der Waals surface area contributed by atoms with Crippen LogP contribution in [-0.4, -0.2) is 25.2 Å². The maximum atomic E-state index is 12.0. The van der Waals surface area contributed by atoms with Crippen molar-refractivity contribution < 1.29 is 19.1 Å². The van der Waals surface area contributed by atoms with Crippen molar-refractivity contribution in [2.24, 2.45) is 0 Å². The van der Waals surface area contributed by atoms with Crippen molar-refractivity contribution in [2.45, 2.75) is 6.10 Å². The Balaban J connectivity index is 2.12. The first kappa shape index (κ1) is 15.5. The van der Waals surface area contributed by atoms with Gasteiger partial charge in [-0.25, -0.2) is 9.59 Å². The topological polar surface area (TPSA) is 52.6 Å². The highest BCUT2D eigenvalue weighted by molar-refractivity contribution is 5.92. The number of carbonyl (C=O) groups is 2. The van der Waals surface area contributed by atoms with Crippen LogP contribution in [0.3, 0.4) is 0 Å². The second-order valence-corrected chi connectivity index (χ2v) is 4.48. The van der Waals surface area contributed by atoms with Gasteiger partial charge in [0.1, 0.15) is 0 Å². The molecule has 4 nitrogen and oxygen atoms in total. The number of ether oxygens (including phenoxy) is 2. The van der Waals surface area contributed by atoms with Crippen LogP contribution in [0.25, 0.3) is 6.08 Å². The summed E-state index contributed by atoms with van der Waals surface area (Å²) in [4.78, 5) is 23.8. The lowest BCUT2D eigenvalue weighted by molar-refractivity contribution is -0.148. The van der Waals surface area contributed by atoms with Crippen LogP contribution in [0.4, 0.5) is 0 Å². The summed E-state index contributed by atoms with van der Waals surface area (Å²) in [6, 6.07) is 17.9. The number of rotatable bonds is 5. The highest BCUT2D eigenvalue weighted by Crippen LogP contribution is 2.09. The fourth-order valence-corrected chi connectivity index (χ4v) is 1.80. The molecule has 0 fully saturated rings. The summed E-state index contributed by atoms with van der Waals surface area (Å²) in [5.41, 5.74) is 1.27. The second kappa shape index (κ2) is 7.78. The standard InChI is InChI=1S/C18H16O4/c1-21-18(20)16(13-12-14-8-4-2-5-9-14)22-17(19)15-10-6-3-7-11-15/h2-13,16H,1H3/b13-12+/t16-/m1/s1. The van der Waals surface area contributed by atoms with Crippen LogP contribution < -0.4 is 0 Å². The van der Waals surface area contributed by atoms with Gasteiger partial charge in [-0.1, -0.05) is 54.6 Å². The van der Waals surface area contributed by atoms with Crippen molar-refractivity contribution in [2.75, 3.05) is 7.11 Å². The molecule has 112 valence electrons. The molecule has 0 saturated carbocycles. The number of methoxy groups -OCH3 is 1. The minimum atomic E-state index is -1.09. The van der Waals surface area contributed by atoms with Crippen molar-refractivity contribution >= 4 is 18.0 Å². The van der Waals surface area contributed by atoms with Gasteiger partial charge in [0.2, 0.25) is 6.10 Å². The predicted molar refractivity (Wildman–Crippen MR) is 83.1 cm³/mol. The van der Waals surface area contributed by atoms with Gasteiger partial charge in [-0.15, -0.1) is 0 Å². The predicted octanol–water partition coefficient (Wildman–Crippen LogP) is 3.10. The number of hydrogen-bond donors (Lipinski definition) is 0. The molecule has 2 aromatic rings. The molecule has 0 N–H and O–H groups in total. The summed E-state index contributed by atoms with van der Waals surface area (Å²) in [6.07, 6.45) is 2.12. The van der Waals surface area contributed by atoms with E-state index in [1.165, 1.54) is 13.2 Å². The van der Waals surface area contributed by atoms with Gasteiger partial charge in [0.25, 0.3) is 0 Å². The van der Waals surface area contributed by atoms with Gasteiger partial charge in [0.15, 0.2) is 0 Å². The van der Waals surface area contributed by atoms with E-state index in [2.05, 4.69) is 4.74 Å². The Morgan fingerprint density at radius 2 is 1.55 bits per heavy atom. The first-order valence-electron chi connectivity index (χ1n) is 6.78. The van der Waals surface area contributed by atoms with Gasteiger partial charge < -0.3 is 9.47 Å². The molecule has 0 aromatic heterocycles. The molecule has 0 spiro atoms. The Morgan fingerprint density at radius 3 is 2.14 bits per heavy atom. The van der Waals surface area contributed by atoms with Crippen molar-refractivity contribution in [3.63, 3.8) is 0 Å². The molecule has 0 radical (unpaired) electrons. The summed E-state index contributed by atoms with van der Waals surface area (Å²) in [5, 5.41) is 0. The van der Waals surface area contributed by atoms with E-state index in [1.807, 2.05) is 30.3 Å². The maximum Gasteiger partial charge on any atom is 0.351 e. The normalized spacial score (nSPS) is 11.9. The molecule has 2 aromatic carbocycles. The van der Waals surface area contributed by atoms with Crippen LogP contribution in [0.5, 0.6) is 0 Å². The van der Waals surface area contributed by atoms with Gasteiger partial charge in [-0.2, -0.15) is 0 Å². The summed E-state index contributed by atoms with van der Waals surface area (Å²) in [6.45, 7) is 0. The van der Waals surface area contributed by atoms with Gasteiger partial charge in [0.05, 0.1) is 12.7 Å². The van der Waals surface area contributed by atoms with Gasteiger partial charge >= 0.3 is 11.9 Å². The lowest BCUT2D eigenvalue weighted by Gasteiger charge is -2.12. The molecule has 1 atom stereocenters. The number of hydrogen-bond acceptors (Lipinski definition) is 4. The van der Waals surface area contributed by atoms with E-state index < -0.39 is 18.0 Å². The van der Waals surface area contributed by atoms with Crippen LogP contribution >= 0.6 is 0 Å². The quantitative estimate of drug-likeness (QED) is 0.796. The third kappa shape index (κ3) is 4.31. The van der Waals surface area contributed by atoms with E-state index in [1.54, 1.807) is 36.4 Å². The fourth-order valence-electron chi connectivity index (χ4n) is 1.80. The Kier molecular flexibility index (Phi) is 5.49. The molecule has 22 heavy (non-hydrogen) atoms. The zero-order valence-electron chi connectivity index (χ0n) is 12.1. The lowest BCUT2D eigenvalue weighted by atomic mass is 10.2. The number of benzene rings is 2. The molecule has 0 aliphatic rings. The molecule has 0 bridgehead atoms. The molecule has 0 unspecified atom stereocenters. The molecule has 0 amide bonds. The van der Waals surface area contributed by atoms with Crippen LogP contribution in [0.1, 0.15) is 15.9 Å². The number of esters is 2. The summed E-state index contributed by atoms with van der Waals surface area (Å²) < 4.78 is 9.88. The monoisotopic (exact) mass is 296 g/mol. The van der Waals surface area contributed by atoms with E-state index in [-0.39, 0.29) is 0 Å². The van der Waals surface area contributed by atoms with E-state index >= 15 is 0 Å². The molecule has 4 heteroatoms. The smallest absolute Gasteiger partial charge is 0.351 e. The third-order valence-electron chi connectivity index (χ3n) is 2.94. The summed E-state index contributed by atoms with van der Waals surface area (Å²) in [5.74, 6) is -1.20. The minimum Gasteiger partial charge on any atom is -0.466 e. The minimum absolute atomic E-state index is 0.379. The first-order valence-corrected chi connectivity index (χ1v) is 6.78. The van der Waals surface area contributed by atoms with Crippen molar-refractivity contribution in [3.8, 4) is 0 Å². The average Bonchev–Trinajstić information content (AvgIpc) is 2.59.